The molecule has 0 aromatic heterocycles. The first-order valence-electron chi connectivity index (χ1n) is 4.51. The molecule has 0 aromatic rings. The average Bonchev–Trinajstić information content (AvgIpc) is 2.13. The molecule has 0 bridgehead atoms. The molecule has 0 fully saturated rings. The van der Waals surface area contributed by atoms with Gasteiger partial charge in [-0.1, -0.05) is 19.9 Å². The average molecular weight is 203 g/mol. The van der Waals surface area contributed by atoms with Crippen LogP contribution in [0, 0.1) is 5.92 Å². The molecule has 3 nitrogen and oxygen atoms in total. The summed E-state index contributed by atoms with van der Waals surface area (Å²) in [5.74, 6) is 0.0976. The molecule has 0 spiro atoms. The molecule has 82 valence electrons. The predicted octanol–water partition coefficient (Wildman–Crippen LogP) is 2.39. The van der Waals surface area contributed by atoms with E-state index in [0.717, 1.165) is 0 Å². The van der Waals surface area contributed by atoms with Crippen LogP contribution in [0.4, 0.5) is 4.39 Å². The fourth-order valence-corrected chi connectivity index (χ4v) is 1.13. The number of methoxy groups -OCH3 is 1. The summed E-state index contributed by atoms with van der Waals surface area (Å²) in [5.41, 5.74) is 2.33. The summed E-state index contributed by atoms with van der Waals surface area (Å²) < 4.78 is 18.4. The summed E-state index contributed by atoms with van der Waals surface area (Å²) in [6.07, 6.45) is 0.370. The van der Waals surface area contributed by atoms with Crippen molar-refractivity contribution in [2.45, 2.75) is 26.4 Å². The van der Waals surface area contributed by atoms with Crippen LogP contribution in [-0.4, -0.2) is 18.5 Å². The Morgan fingerprint density at radius 1 is 1.64 bits per heavy atom. The third kappa shape index (κ3) is 3.38. The molecule has 0 saturated heterocycles. The van der Waals surface area contributed by atoms with Gasteiger partial charge in [-0.3, -0.25) is 10.7 Å². The van der Waals surface area contributed by atoms with Crippen molar-refractivity contribution in [1.82, 2.24) is 5.48 Å². The third-order valence-electron chi connectivity index (χ3n) is 1.84. The maximum atomic E-state index is 13.5. The van der Waals surface area contributed by atoms with E-state index in [1.165, 1.54) is 13.2 Å². The van der Waals surface area contributed by atoms with Crippen molar-refractivity contribution in [3.05, 3.63) is 24.1 Å². The number of alkyl halides is 1. The smallest absolute Gasteiger partial charge is 0.162 e. The Balaban J connectivity index is 4.86. The van der Waals surface area contributed by atoms with E-state index < -0.39 is 6.17 Å². The molecule has 1 atom stereocenters. The fourth-order valence-electron chi connectivity index (χ4n) is 1.13. The second kappa shape index (κ2) is 6.43. The van der Waals surface area contributed by atoms with Gasteiger partial charge in [-0.2, -0.15) is 0 Å². The van der Waals surface area contributed by atoms with Crippen molar-refractivity contribution in [3.63, 3.8) is 0 Å². The van der Waals surface area contributed by atoms with Crippen LogP contribution in [-0.2, 0) is 4.74 Å². The normalized spacial score (nSPS) is 14.7. The highest BCUT2D eigenvalue weighted by atomic mass is 19.1. The monoisotopic (exact) mass is 203 g/mol. The molecule has 0 aliphatic heterocycles. The minimum Gasteiger partial charge on any atom is -0.496 e. The van der Waals surface area contributed by atoms with Gasteiger partial charge in [-0.05, 0) is 5.92 Å². The molecule has 0 heterocycles. The summed E-state index contributed by atoms with van der Waals surface area (Å²) >= 11 is 0. The second-order valence-electron chi connectivity index (χ2n) is 3.24. The summed E-state index contributed by atoms with van der Waals surface area (Å²) in [6, 6.07) is 0. The highest BCUT2D eigenvalue weighted by Crippen LogP contribution is 2.20. The Morgan fingerprint density at radius 3 is 2.50 bits per heavy atom. The third-order valence-corrected chi connectivity index (χ3v) is 1.84. The molecule has 0 radical (unpaired) electrons. The van der Waals surface area contributed by atoms with Crippen LogP contribution in [0.2, 0.25) is 0 Å². The molecule has 0 aromatic carbocycles. The van der Waals surface area contributed by atoms with Gasteiger partial charge in [0.25, 0.3) is 0 Å². The first-order valence-corrected chi connectivity index (χ1v) is 4.51. The van der Waals surface area contributed by atoms with Crippen molar-refractivity contribution < 1.29 is 14.3 Å². The predicted molar refractivity (Wildman–Crippen MR) is 53.5 cm³/mol. The lowest BCUT2D eigenvalue weighted by atomic mass is 10.1. The Bertz CT molecular complexity index is 214. The number of allylic oxidation sites excluding steroid dienone is 3. The molecule has 4 heteroatoms. The lowest BCUT2D eigenvalue weighted by molar-refractivity contribution is 0.149. The zero-order valence-corrected chi connectivity index (χ0v) is 8.88. The topological polar surface area (TPSA) is 41.5 Å². The van der Waals surface area contributed by atoms with Crippen LogP contribution in [0.15, 0.2) is 24.1 Å². The van der Waals surface area contributed by atoms with Gasteiger partial charge < -0.3 is 4.74 Å². The molecule has 14 heavy (non-hydrogen) atoms. The summed E-state index contributed by atoms with van der Waals surface area (Å²) in [5, 5.41) is 8.83. The lowest BCUT2D eigenvalue weighted by Gasteiger charge is -2.18. The van der Waals surface area contributed by atoms with E-state index in [4.69, 9.17) is 9.94 Å². The van der Waals surface area contributed by atoms with Crippen LogP contribution < -0.4 is 5.48 Å². The molecule has 0 amide bonds. The molecule has 0 aliphatic carbocycles. The lowest BCUT2D eigenvalue weighted by Crippen LogP contribution is -2.21. The quantitative estimate of drug-likeness (QED) is 0.395. The summed E-state index contributed by atoms with van der Waals surface area (Å²) in [4.78, 5) is 0. The van der Waals surface area contributed by atoms with E-state index in [9.17, 15) is 4.39 Å². The largest absolute Gasteiger partial charge is 0.496 e. The molecule has 0 aliphatic rings. The second-order valence-corrected chi connectivity index (χ2v) is 3.24. The maximum absolute atomic E-state index is 13.5. The molecule has 0 unspecified atom stereocenters. The highest BCUT2D eigenvalue weighted by molar-refractivity contribution is 5.12. The van der Waals surface area contributed by atoms with Crippen molar-refractivity contribution in [2.75, 3.05) is 7.11 Å². The number of hydroxylamine groups is 1. The van der Waals surface area contributed by atoms with Gasteiger partial charge in [-0.25, -0.2) is 4.39 Å². The van der Waals surface area contributed by atoms with Crippen LogP contribution in [0.1, 0.15) is 20.3 Å². The Kier molecular flexibility index (Phi) is 5.95. The number of halogens is 1. The molecular formula is C10H18FNO2. The standard InChI is InChI=1S/C10H18FNO2/c1-5-6-8(11)10(14-4)9(12-13)7(2)3/h5,7-8,12-13H,1,6H2,2-4H3/b10-9+/t8-/m1/s1. The zero-order chi connectivity index (χ0) is 11.1. The molecular weight excluding hydrogens is 185 g/mol. The Labute approximate surface area is 84.2 Å². The van der Waals surface area contributed by atoms with Crippen molar-refractivity contribution >= 4 is 0 Å². The van der Waals surface area contributed by atoms with E-state index in [2.05, 4.69) is 6.58 Å². The molecule has 0 rings (SSSR count). The Hall–Kier alpha value is -1.03. The van der Waals surface area contributed by atoms with Crippen LogP contribution >= 0.6 is 0 Å². The minimum atomic E-state index is -1.27. The van der Waals surface area contributed by atoms with Crippen LogP contribution in [0.5, 0.6) is 0 Å². The van der Waals surface area contributed by atoms with Gasteiger partial charge in [0.15, 0.2) is 11.9 Å². The van der Waals surface area contributed by atoms with Gasteiger partial charge in [0.05, 0.1) is 12.8 Å². The zero-order valence-electron chi connectivity index (χ0n) is 8.88. The van der Waals surface area contributed by atoms with E-state index in [0.29, 0.717) is 5.70 Å². The van der Waals surface area contributed by atoms with E-state index in [-0.39, 0.29) is 18.1 Å². The Morgan fingerprint density at radius 2 is 2.21 bits per heavy atom. The van der Waals surface area contributed by atoms with Gasteiger partial charge in [0.1, 0.15) is 0 Å². The van der Waals surface area contributed by atoms with Gasteiger partial charge in [-0.15, -0.1) is 6.58 Å². The number of ether oxygens (including phenoxy) is 1. The highest BCUT2D eigenvalue weighted by Gasteiger charge is 2.19. The number of hydrogen-bond donors (Lipinski definition) is 2. The van der Waals surface area contributed by atoms with Gasteiger partial charge >= 0.3 is 0 Å². The number of nitrogens with one attached hydrogen (secondary N) is 1. The summed E-state index contributed by atoms with van der Waals surface area (Å²) in [7, 11) is 1.38. The van der Waals surface area contributed by atoms with Crippen molar-refractivity contribution in [2.24, 2.45) is 5.92 Å². The molecule has 2 N–H and O–H groups in total. The van der Waals surface area contributed by atoms with E-state index in [1.807, 2.05) is 19.3 Å². The van der Waals surface area contributed by atoms with Crippen molar-refractivity contribution in [3.8, 4) is 0 Å². The van der Waals surface area contributed by atoms with E-state index in [1.54, 1.807) is 0 Å². The van der Waals surface area contributed by atoms with Gasteiger partial charge in [0.2, 0.25) is 0 Å². The number of hydrogen-bond acceptors (Lipinski definition) is 3. The first kappa shape index (κ1) is 13.0. The maximum Gasteiger partial charge on any atom is 0.162 e. The molecule has 0 saturated carbocycles. The SMILES string of the molecule is C=CC[C@@H](F)/C(OC)=C(\NO)C(C)C. The minimum absolute atomic E-state index is 0.0296. The van der Waals surface area contributed by atoms with Crippen LogP contribution in [0.3, 0.4) is 0 Å². The fraction of sp³-hybridized carbons (Fsp3) is 0.600. The number of rotatable bonds is 6. The van der Waals surface area contributed by atoms with Gasteiger partial charge in [0, 0.05) is 6.42 Å². The first-order chi connectivity index (χ1) is 6.58. The summed E-state index contributed by atoms with van der Waals surface area (Å²) in [6.45, 7) is 7.11. The van der Waals surface area contributed by atoms with Crippen molar-refractivity contribution in [1.29, 1.82) is 0 Å². The van der Waals surface area contributed by atoms with Crippen LogP contribution in [0.25, 0.3) is 0 Å². The van der Waals surface area contributed by atoms with E-state index >= 15 is 0 Å².